The summed E-state index contributed by atoms with van der Waals surface area (Å²) >= 11 is 0. The fourth-order valence-electron chi connectivity index (χ4n) is 2.74. The first kappa shape index (κ1) is 16.5. The monoisotopic (exact) mass is 309 g/mol. The van der Waals surface area contributed by atoms with E-state index in [4.69, 9.17) is 13.9 Å². The normalized spacial score (nSPS) is 16.5. The second-order valence-corrected chi connectivity index (χ2v) is 5.48. The van der Waals surface area contributed by atoms with E-state index in [1.165, 1.54) is 7.11 Å². The van der Waals surface area contributed by atoms with E-state index in [1.54, 1.807) is 13.0 Å². The molecule has 1 aromatic rings. The van der Waals surface area contributed by atoms with E-state index in [-0.39, 0.29) is 17.9 Å². The van der Waals surface area contributed by atoms with E-state index in [0.717, 1.165) is 31.7 Å². The number of carbonyl (C=O) groups excluding carboxylic acids is 2. The van der Waals surface area contributed by atoms with E-state index >= 15 is 0 Å². The van der Waals surface area contributed by atoms with Crippen LogP contribution in [-0.2, 0) is 20.8 Å². The van der Waals surface area contributed by atoms with Gasteiger partial charge in [-0.1, -0.05) is 0 Å². The van der Waals surface area contributed by atoms with Crippen molar-refractivity contribution in [3.05, 3.63) is 23.2 Å². The second kappa shape index (κ2) is 7.45. The Balaban J connectivity index is 1.88. The molecule has 6 heteroatoms. The van der Waals surface area contributed by atoms with Crippen molar-refractivity contribution < 1.29 is 23.5 Å². The molecular formula is C16H23NO5. The van der Waals surface area contributed by atoms with Crippen LogP contribution in [0.3, 0.4) is 0 Å². The molecule has 0 aromatic carbocycles. The van der Waals surface area contributed by atoms with Crippen LogP contribution in [0.15, 0.2) is 10.5 Å². The van der Waals surface area contributed by atoms with Crippen molar-refractivity contribution in [2.24, 2.45) is 5.92 Å². The highest BCUT2D eigenvalue weighted by molar-refractivity contribution is 5.90. The first-order chi connectivity index (χ1) is 10.5. The molecular weight excluding hydrogens is 286 g/mol. The molecule has 0 bridgehead atoms. The van der Waals surface area contributed by atoms with E-state index < -0.39 is 0 Å². The number of methoxy groups -OCH3 is 1. The van der Waals surface area contributed by atoms with Crippen molar-refractivity contribution >= 4 is 11.9 Å². The van der Waals surface area contributed by atoms with Crippen molar-refractivity contribution in [1.29, 1.82) is 0 Å². The van der Waals surface area contributed by atoms with Crippen LogP contribution >= 0.6 is 0 Å². The van der Waals surface area contributed by atoms with Crippen LogP contribution in [0.5, 0.6) is 0 Å². The number of carbonyl (C=O) groups is 2. The molecule has 1 aliphatic heterocycles. The Morgan fingerprint density at radius 3 is 2.64 bits per heavy atom. The third kappa shape index (κ3) is 3.88. The summed E-state index contributed by atoms with van der Waals surface area (Å²) in [6.07, 6.45) is 1.59. The molecule has 1 fully saturated rings. The zero-order valence-corrected chi connectivity index (χ0v) is 13.4. The first-order valence-corrected chi connectivity index (χ1v) is 7.61. The average molecular weight is 309 g/mol. The molecule has 22 heavy (non-hydrogen) atoms. The molecule has 0 aliphatic carbocycles. The number of rotatable bonds is 5. The third-order valence-corrected chi connectivity index (χ3v) is 3.96. The largest absolute Gasteiger partial charge is 0.466 e. The number of nitrogens with zero attached hydrogens (tertiary/aromatic N) is 1. The molecule has 0 atom stereocenters. The molecule has 0 N–H and O–H groups in total. The van der Waals surface area contributed by atoms with Crippen molar-refractivity contribution in [2.45, 2.75) is 33.2 Å². The van der Waals surface area contributed by atoms with Gasteiger partial charge in [0.2, 0.25) is 0 Å². The number of esters is 2. The van der Waals surface area contributed by atoms with E-state index in [1.807, 2.05) is 6.92 Å². The van der Waals surface area contributed by atoms with Gasteiger partial charge in [-0.05, 0) is 45.8 Å². The summed E-state index contributed by atoms with van der Waals surface area (Å²) in [7, 11) is 1.36. The molecule has 1 saturated heterocycles. The lowest BCUT2D eigenvalue weighted by Gasteiger charge is -2.30. The van der Waals surface area contributed by atoms with Crippen molar-refractivity contribution in [1.82, 2.24) is 4.90 Å². The minimum absolute atomic E-state index is 0.000155. The van der Waals surface area contributed by atoms with Gasteiger partial charge in [0.25, 0.3) is 0 Å². The number of aryl methyl sites for hydroxylation is 1. The molecule has 0 saturated carbocycles. The molecule has 1 aromatic heterocycles. The average Bonchev–Trinajstić information content (AvgIpc) is 2.88. The van der Waals surface area contributed by atoms with Gasteiger partial charge in [0.1, 0.15) is 17.1 Å². The Kier molecular flexibility index (Phi) is 5.60. The van der Waals surface area contributed by atoms with Gasteiger partial charge < -0.3 is 13.9 Å². The maximum atomic E-state index is 11.7. The predicted molar refractivity (Wildman–Crippen MR) is 79.4 cm³/mol. The highest BCUT2D eigenvalue weighted by Gasteiger charge is 2.26. The van der Waals surface area contributed by atoms with E-state index in [9.17, 15) is 9.59 Å². The van der Waals surface area contributed by atoms with Gasteiger partial charge in [0, 0.05) is 0 Å². The second-order valence-electron chi connectivity index (χ2n) is 5.48. The molecule has 0 spiro atoms. The van der Waals surface area contributed by atoms with Gasteiger partial charge in [-0.15, -0.1) is 0 Å². The summed E-state index contributed by atoms with van der Waals surface area (Å²) < 4.78 is 15.4. The molecule has 0 unspecified atom stereocenters. The van der Waals surface area contributed by atoms with Crippen LogP contribution in [-0.4, -0.2) is 43.6 Å². The molecule has 2 heterocycles. The predicted octanol–water partition coefficient (Wildman–Crippen LogP) is 2.15. The quantitative estimate of drug-likeness (QED) is 0.776. The highest BCUT2D eigenvalue weighted by Crippen LogP contribution is 2.22. The standard InChI is InChI=1S/C16H23NO5/c1-4-21-15(18)12-5-7-17(8-6-12)10-13-9-14(11(2)22-13)16(19)20-3/h9,12H,4-8,10H2,1-3H3. The fourth-order valence-corrected chi connectivity index (χ4v) is 2.74. The van der Waals surface area contributed by atoms with Crippen LogP contribution in [0.1, 0.15) is 41.6 Å². The summed E-state index contributed by atoms with van der Waals surface area (Å²) in [4.78, 5) is 25.5. The van der Waals surface area contributed by atoms with Crippen LogP contribution < -0.4 is 0 Å². The summed E-state index contributed by atoms with van der Waals surface area (Å²) in [6, 6.07) is 1.73. The van der Waals surface area contributed by atoms with Gasteiger partial charge in [-0.3, -0.25) is 9.69 Å². The lowest BCUT2D eigenvalue weighted by molar-refractivity contribution is -0.149. The van der Waals surface area contributed by atoms with Crippen LogP contribution in [0.2, 0.25) is 0 Å². The molecule has 0 amide bonds. The number of ether oxygens (including phenoxy) is 2. The Bertz CT molecular complexity index is 529. The van der Waals surface area contributed by atoms with Crippen LogP contribution in [0.25, 0.3) is 0 Å². The number of furan rings is 1. The van der Waals surface area contributed by atoms with Crippen molar-refractivity contribution in [3.63, 3.8) is 0 Å². The zero-order chi connectivity index (χ0) is 16.1. The molecule has 0 radical (unpaired) electrons. The number of hydrogen-bond donors (Lipinski definition) is 0. The number of likely N-dealkylation sites (tertiary alicyclic amines) is 1. The SMILES string of the molecule is CCOC(=O)C1CCN(Cc2cc(C(=O)OC)c(C)o2)CC1. The maximum Gasteiger partial charge on any atom is 0.341 e. The Hall–Kier alpha value is -1.82. The third-order valence-electron chi connectivity index (χ3n) is 3.96. The van der Waals surface area contributed by atoms with E-state index in [0.29, 0.717) is 24.5 Å². The number of hydrogen-bond acceptors (Lipinski definition) is 6. The van der Waals surface area contributed by atoms with Gasteiger partial charge >= 0.3 is 11.9 Å². The Morgan fingerprint density at radius 2 is 2.05 bits per heavy atom. The summed E-state index contributed by atoms with van der Waals surface area (Å²) in [5, 5.41) is 0. The maximum absolute atomic E-state index is 11.7. The summed E-state index contributed by atoms with van der Waals surface area (Å²) in [6.45, 7) is 6.27. The Labute approximate surface area is 130 Å². The van der Waals surface area contributed by atoms with Crippen LogP contribution in [0.4, 0.5) is 0 Å². The lowest BCUT2D eigenvalue weighted by atomic mass is 9.97. The first-order valence-electron chi connectivity index (χ1n) is 7.61. The minimum Gasteiger partial charge on any atom is -0.466 e. The van der Waals surface area contributed by atoms with Gasteiger partial charge in [-0.25, -0.2) is 4.79 Å². The van der Waals surface area contributed by atoms with Gasteiger partial charge in [0.05, 0.1) is 26.2 Å². The number of piperidine rings is 1. The van der Waals surface area contributed by atoms with Crippen molar-refractivity contribution in [3.8, 4) is 0 Å². The topological polar surface area (TPSA) is 69.0 Å². The molecule has 1 aliphatic rings. The van der Waals surface area contributed by atoms with E-state index in [2.05, 4.69) is 4.90 Å². The van der Waals surface area contributed by atoms with Crippen molar-refractivity contribution in [2.75, 3.05) is 26.8 Å². The lowest BCUT2D eigenvalue weighted by Crippen LogP contribution is -2.36. The molecule has 6 nitrogen and oxygen atoms in total. The fraction of sp³-hybridized carbons (Fsp3) is 0.625. The van der Waals surface area contributed by atoms with Crippen LogP contribution in [0, 0.1) is 12.8 Å². The molecule has 2 rings (SSSR count). The Morgan fingerprint density at radius 1 is 1.36 bits per heavy atom. The zero-order valence-electron chi connectivity index (χ0n) is 13.4. The minimum atomic E-state index is -0.381. The molecule has 122 valence electrons. The highest BCUT2D eigenvalue weighted by atomic mass is 16.5. The van der Waals surface area contributed by atoms with Gasteiger partial charge in [-0.2, -0.15) is 0 Å². The summed E-state index contributed by atoms with van der Waals surface area (Å²) in [5.41, 5.74) is 0.471. The smallest absolute Gasteiger partial charge is 0.341 e. The summed E-state index contributed by atoms with van der Waals surface area (Å²) in [5.74, 6) is 0.841. The van der Waals surface area contributed by atoms with Gasteiger partial charge in [0.15, 0.2) is 0 Å².